The van der Waals surface area contributed by atoms with E-state index in [-0.39, 0.29) is 0 Å². The van der Waals surface area contributed by atoms with Gasteiger partial charge in [0, 0.05) is 0 Å². The minimum atomic E-state index is -1.73. The molecule has 0 aromatic heterocycles. The Morgan fingerprint density at radius 1 is 1.67 bits per heavy atom. The van der Waals surface area contributed by atoms with E-state index in [1.807, 2.05) is 0 Å². The van der Waals surface area contributed by atoms with E-state index in [1.54, 1.807) is 0 Å². The number of carboxylic acids is 1. The fourth-order valence-electron chi connectivity index (χ4n) is 0.404. The predicted molar refractivity (Wildman–Crippen MR) is 43.5 cm³/mol. The van der Waals surface area contributed by atoms with Gasteiger partial charge in [0.15, 0.2) is 0 Å². The molecule has 9 heavy (non-hydrogen) atoms. The van der Waals surface area contributed by atoms with Gasteiger partial charge in [0.2, 0.25) is 0 Å². The second kappa shape index (κ2) is 3.61. The molecule has 0 bridgehead atoms. The summed E-state index contributed by atoms with van der Waals surface area (Å²) in [5.74, 6) is 3.60. The first-order chi connectivity index (χ1) is 3.92. The van der Waals surface area contributed by atoms with Crippen molar-refractivity contribution in [3.05, 3.63) is 0 Å². The number of rotatable bonds is 3. The summed E-state index contributed by atoms with van der Waals surface area (Å²) in [4.78, 5) is 10.1. The van der Waals surface area contributed by atoms with E-state index in [0.29, 0.717) is 6.42 Å². The first kappa shape index (κ1) is 9.49. The van der Waals surface area contributed by atoms with Gasteiger partial charge in [0.1, 0.15) is 0 Å². The zero-order chi connectivity index (χ0) is 7.49. The zero-order valence-corrected chi connectivity index (χ0v) is 9.33. The third-order valence-corrected chi connectivity index (χ3v) is 6.01. The third-order valence-electron chi connectivity index (χ3n) is 0.933. The van der Waals surface area contributed by atoms with Crippen molar-refractivity contribution in [3.63, 3.8) is 0 Å². The summed E-state index contributed by atoms with van der Waals surface area (Å²) in [5.41, 5.74) is 0. The normalized spacial score (nSPS) is 11.4. The van der Waals surface area contributed by atoms with Gasteiger partial charge in [-0.15, -0.1) is 0 Å². The van der Waals surface area contributed by atoms with Crippen LogP contribution in [0.15, 0.2) is 0 Å². The van der Waals surface area contributed by atoms with E-state index < -0.39 is 17.4 Å². The van der Waals surface area contributed by atoms with E-state index in [4.69, 9.17) is 5.11 Å². The Hall–Kier alpha value is 0.493. The summed E-state index contributed by atoms with van der Waals surface area (Å²) in [6.07, 6.45) is 0.318. The fourth-order valence-corrected chi connectivity index (χ4v) is 3.13. The third kappa shape index (κ3) is 8.49. The van der Waals surface area contributed by atoms with Gasteiger partial charge in [0.25, 0.3) is 0 Å². The molecule has 0 aliphatic carbocycles. The number of halogens is 1. The number of carbonyl (C=O) groups is 1. The summed E-state index contributed by atoms with van der Waals surface area (Å²) in [6.45, 7) is 0. The zero-order valence-electron chi connectivity index (χ0n) is 5.65. The molecule has 0 saturated carbocycles. The van der Waals surface area contributed by atoms with Crippen LogP contribution in [0.4, 0.5) is 0 Å². The maximum atomic E-state index is 10.1. The molecule has 2 nitrogen and oxygen atoms in total. The van der Waals surface area contributed by atoms with Gasteiger partial charge < -0.3 is 0 Å². The summed E-state index contributed by atoms with van der Waals surface area (Å²) in [7, 11) is 0. The van der Waals surface area contributed by atoms with Crippen LogP contribution in [0.3, 0.4) is 0 Å². The quantitative estimate of drug-likeness (QED) is 0.784. The van der Waals surface area contributed by atoms with Crippen LogP contribution in [0.1, 0.15) is 6.42 Å². The molecule has 0 rings (SSSR count). The molecular formula is C5H11BrGeO2. The second-order valence-corrected chi connectivity index (χ2v) is 22.0. The molecule has 0 aromatic carbocycles. The SMILES string of the molecule is [CH3][Ge]([CH3])([Br])[CH2]CC(=O)O. The van der Waals surface area contributed by atoms with E-state index >= 15 is 0 Å². The average Bonchev–Trinajstić information content (AvgIpc) is 1.59. The minimum absolute atomic E-state index is 0.318. The van der Waals surface area contributed by atoms with Crippen LogP contribution in [0.2, 0.25) is 16.8 Å². The Balaban J connectivity index is 3.39. The van der Waals surface area contributed by atoms with Gasteiger partial charge in [-0.25, -0.2) is 0 Å². The van der Waals surface area contributed by atoms with Crippen LogP contribution < -0.4 is 0 Å². The Labute approximate surface area is 64.6 Å². The molecule has 0 radical (unpaired) electrons. The van der Waals surface area contributed by atoms with Gasteiger partial charge >= 0.3 is 64.5 Å². The number of carboxylic acid groups (broad SMARTS) is 1. The molecular weight excluding hydrogens is 245 g/mol. The number of aliphatic carboxylic acids is 1. The molecule has 0 saturated heterocycles. The van der Waals surface area contributed by atoms with Crippen molar-refractivity contribution < 1.29 is 9.90 Å². The summed E-state index contributed by atoms with van der Waals surface area (Å²) in [5, 5.41) is 9.14. The van der Waals surface area contributed by atoms with Crippen molar-refractivity contribution in [3.8, 4) is 0 Å². The van der Waals surface area contributed by atoms with Crippen molar-refractivity contribution in [1.82, 2.24) is 0 Å². The molecule has 0 unspecified atom stereocenters. The summed E-state index contributed by atoms with van der Waals surface area (Å²) < 4.78 is 0. The van der Waals surface area contributed by atoms with Crippen molar-refractivity contribution >= 4 is 31.4 Å². The first-order valence-corrected chi connectivity index (χ1v) is 13.4. The molecule has 54 valence electrons. The fraction of sp³-hybridized carbons (Fsp3) is 0.800. The summed E-state index contributed by atoms with van der Waals surface area (Å²) >= 11 is 1.80. The van der Waals surface area contributed by atoms with Gasteiger partial charge in [-0.05, 0) is 0 Å². The summed E-state index contributed by atoms with van der Waals surface area (Å²) in [6, 6.07) is 0. The van der Waals surface area contributed by atoms with Crippen molar-refractivity contribution in [2.24, 2.45) is 0 Å². The van der Waals surface area contributed by atoms with Crippen LogP contribution in [-0.2, 0) is 4.79 Å². The Morgan fingerprint density at radius 3 is 2.22 bits per heavy atom. The van der Waals surface area contributed by atoms with Crippen LogP contribution in [0.25, 0.3) is 0 Å². The Kier molecular flexibility index (Phi) is 3.81. The van der Waals surface area contributed by atoms with Crippen LogP contribution >= 0.6 is 14.0 Å². The van der Waals surface area contributed by atoms with E-state index in [1.165, 1.54) is 0 Å². The van der Waals surface area contributed by atoms with Crippen molar-refractivity contribution in [1.29, 1.82) is 0 Å². The molecule has 0 amide bonds. The monoisotopic (exact) mass is 256 g/mol. The van der Waals surface area contributed by atoms with E-state index in [0.717, 1.165) is 5.25 Å². The predicted octanol–water partition coefficient (Wildman–Crippen LogP) is 2.06. The van der Waals surface area contributed by atoms with Gasteiger partial charge in [0.05, 0.1) is 0 Å². The van der Waals surface area contributed by atoms with Crippen LogP contribution in [-0.4, -0.2) is 22.5 Å². The van der Waals surface area contributed by atoms with E-state index in [2.05, 4.69) is 25.5 Å². The van der Waals surface area contributed by atoms with Gasteiger partial charge in [-0.2, -0.15) is 0 Å². The molecule has 4 heteroatoms. The molecule has 1 N–H and O–H groups in total. The number of hydrogen-bond donors (Lipinski definition) is 1. The molecule has 0 fully saturated rings. The number of hydrogen-bond acceptors (Lipinski definition) is 1. The first-order valence-electron chi connectivity index (χ1n) is 2.82. The van der Waals surface area contributed by atoms with Crippen LogP contribution in [0.5, 0.6) is 0 Å². The topological polar surface area (TPSA) is 37.3 Å². The van der Waals surface area contributed by atoms with Gasteiger partial charge in [-0.1, -0.05) is 0 Å². The standard InChI is InChI=1S/C5H11BrGeO2/c1-7(2,6)4-3-5(8)9/h3-4H2,1-2H3,(H,8,9). The Morgan fingerprint density at radius 2 is 2.11 bits per heavy atom. The molecule has 0 spiro atoms. The molecule has 0 aromatic rings. The second-order valence-electron chi connectivity index (χ2n) is 2.61. The maximum absolute atomic E-state index is 10.1. The Bertz CT molecular complexity index is 108. The molecule has 0 aliphatic rings. The van der Waals surface area contributed by atoms with Crippen molar-refractivity contribution in [2.45, 2.75) is 23.2 Å². The average molecular weight is 256 g/mol. The van der Waals surface area contributed by atoms with Gasteiger partial charge in [-0.3, -0.25) is 0 Å². The van der Waals surface area contributed by atoms with Crippen molar-refractivity contribution in [2.75, 3.05) is 0 Å². The molecule has 0 aliphatic heterocycles. The molecule has 0 atom stereocenters. The molecule has 0 heterocycles. The van der Waals surface area contributed by atoms with Crippen LogP contribution in [0, 0.1) is 0 Å². The van der Waals surface area contributed by atoms with E-state index in [9.17, 15) is 4.79 Å².